The first kappa shape index (κ1) is 14.0. The van der Waals surface area contributed by atoms with Gasteiger partial charge in [0.25, 0.3) is 0 Å². The third-order valence-electron chi connectivity index (χ3n) is 2.71. The Morgan fingerprint density at radius 3 is 2.29 bits per heavy atom. The lowest BCUT2D eigenvalue weighted by Gasteiger charge is -2.15. The maximum atomic E-state index is 11.5. The fourth-order valence-corrected chi connectivity index (χ4v) is 2.25. The van der Waals surface area contributed by atoms with Crippen LogP contribution in [-0.4, -0.2) is 39.2 Å². The third-order valence-corrected chi connectivity index (χ3v) is 4.58. The Balaban J connectivity index is 2.56. The first-order valence-corrected chi connectivity index (χ1v) is 7.17. The number of hydrogen-bond donors (Lipinski definition) is 0. The van der Waals surface area contributed by atoms with E-state index in [0.717, 1.165) is 11.3 Å². The van der Waals surface area contributed by atoms with E-state index in [1.165, 1.54) is 4.31 Å². The third kappa shape index (κ3) is 4.02. The second kappa shape index (κ2) is 6.02. The molecule has 0 amide bonds. The van der Waals surface area contributed by atoms with Crippen molar-refractivity contribution in [3.63, 3.8) is 0 Å². The standard InChI is InChI=1S/C12H19NO3S/c1-4-17(14,15)13(2)10-9-11-5-7-12(16-3)8-6-11/h5-8H,4,9-10H2,1-3H3. The molecule has 0 aromatic heterocycles. The molecule has 0 fully saturated rings. The highest BCUT2D eigenvalue weighted by Crippen LogP contribution is 2.12. The van der Waals surface area contributed by atoms with Gasteiger partial charge in [0, 0.05) is 13.6 Å². The summed E-state index contributed by atoms with van der Waals surface area (Å²) in [5.41, 5.74) is 1.10. The molecule has 0 aliphatic rings. The Bertz CT molecular complexity index is 439. The maximum Gasteiger partial charge on any atom is 0.213 e. The Morgan fingerprint density at radius 2 is 1.82 bits per heavy atom. The van der Waals surface area contributed by atoms with Gasteiger partial charge < -0.3 is 4.74 Å². The number of rotatable bonds is 6. The van der Waals surface area contributed by atoms with E-state index in [2.05, 4.69) is 0 Å². The molecular weight excluding hydrogens is 238 g/mol. The average Bonchev–Trinajstić information content (AvgIpc) is 2.36. The van der Waals surface area contributed by atoms with Crippen molar-refractivity contribution < 1.29 is 13.2 Å². The molecule has 0 aliphatic heterocycles. The molecule has 0 bridgehead atoms. The van der Waals surface area contributed by atoms with E-state index in [0.29, 0.717) is 13.0 Å². The summed E-state index contributed by atoms with van der Waals surface area (Å²) in [6.45, 7) is 2.15. The monoisotopic (exact) mass is 257 g/mol. The van der Waals surface area contributed by atoms with Gasteiger partial charge in [-0.2, -0.15) is 0 Å². The number of ether oxygens (including phenoxy) is 1. The SMILES string of the molecule is CCS(=O)(=O)N(C)CCc1ccc(OC)cc1. The molecule has 4 nitrogen and oxygen atoms in total. The lowest BCUT2D eigenvalue weighted by atomic mass is 10.1. The van der Waals surface area contributed by atoms with Crippen molar-refractivity contribution in [3.8, 4) is 5.75 Å². The molecule has 17 heavy (non-hydrogen) atoms. The largest absolute Gasteiger partial charge is 0.497 e. The predicted molar refractivity (Wildman–Crippen MR) is 68.8 cm³/mol. The molecule has 0 saturated carbocycles. The van der Waals surface area contributed by atoms with Gasteiger partial charge in [-0.15, -0.1) is 0 Å². The van der Waals surface area contributed by atoms with Crippen LogP contribution in [0.15, 0.2) is 24.3 Å². The van der Waals surface area contributed by atoms with Crippen molar-refractivity contribution in [1.29, 1.82) is 0 Å². The summed E-state index contributed by atoms with van der Waals surface area (Å²) in [7, 11) is 0.163. The number of likely N-dealkylation sites (N-methyl/N-ethyl adjacent to an activating group) is 1. The van der Waals surface area contributed by atoms with Crippen LogP contribution in [0.25, 0.3) is 0 Å². The van der Waals surface area contributed by atoms with Crippen molar-refractivity contribution in [2.24, 2.45) is 0 Å². The molecule has 0 unspecified atom stereocenters. The summed E-state index contributed by atoms with van der Waals surface area (Å²) < 4.78 is 29.5. The first-order valence-electron chi connectivity index (χ1n) is 5.56. The van der Waals surface area contributed by atoms with Crippen molar-refractivity contribution in [3.05, 3.63) is 29.8 Å². The zero-order valence-corrected chi connectivity index (χ0v) is 11.3. The van der Waals surface area contributed by atoms with Crippen LogP contribution in [0.2, 0.25) is 0 Å². The summed E-state index contributed by atoms with van der Waals surface area (Å²) in [4.78, 5) is 0. The highest BCUT2D eigenvalue weighted by molar-refractivity contribution is 7.89. The molecule has 0 atom stereocenters. The van der Waals surface area contributed by atoms with Crippen molar-refractivity contribution in [2.75, 3.05) is 26.5 Å². The van der Waals surface area contributed by atoms with Crippen molar-refractivity contribution in [2.45, 2.75) is 13.3 Å². The Kier molecular flexibility index (Phi) is 4.96. The molecule has 0 saturated heterocycles. The topological polar surface area (TPSA) is 46.6 Å². The molecule has 96 valence electrons. The molecule has 0 aliphatic carbocycles. The van der Waals surface area contributed by atoms with Crippen molar-refractivity contribution >= 4 is 10.0 Å². The number of sulfonamides is 1. The van der Waals surface area contributed by atoms with Crippen LogP contribution < -0.4 is 4.74 Å². The Morgan fingerprint density at radius 1 is 1.24 bits per heavy atom. The van der Waals surface area contributed by atoms with Gasteiger partial charge in [-0.3, -0.25) is 0 Å². The van der Waals surface area contributed by atoms with E-state index in [9.17, 15) is 8.42 Å². The predicted octanol–water partition coefficient (Wildman–Crippen LogP) is 1.52. The summed E-state index contributed by atoms with van der Waals surface area (Å²) in [6.07, 6.45) is 0.708. The zero-order chi connectivity index (χ0) is 12.9. The maximum absolute atomic E-state index is 11.5. The Hall–Kier alpha value is -1.07. The molecule has 1 rings (SSSR count). The van der Waals surface area contributed by atoms with Crippen molar-refractivity contribution in [1.82, 2.24) is 4.31 Å². The average molecular weight is 257 g/mol. The highest BCUT2D eigenvalue weighted by Gasteiger charge is 2.14. The van der Waals surface area contributed by atoms with Gasteiger partial charge >= 0.3 is 0 Å². The zero-order valence-electron chi connectivity index (χ0n) is 10.5. The normalized spacial score (nSPS) is 11.8. The second-order valence-corrected chi connectivity index (χ2v) is 6.18. The molecule has 0 N–H and O–H groups in total. The summed E-state index contributed by atoms with van der Waals surface area (Å²) in [5.74, 6) is 0.954. The number of methoxy groups -OCH3 is 1. The van der Waals surface area contributed by atoms with E-state index < -0.39 is 10.0 Å². The minimum atomic E-state index is -3.07. The summed E-state index contributed by atoms with van der Waals surface area (Å²) in [5, 5.41) is 0. The molecule has 0 spiro atoms. The lowest BCUT2D eigenvalue weighted by Crippen LogP contribution is -2.30. The molecular formula is C12H19NO3S. The quantitative estimate of drug-likeness (QED) is 0.776. The number of hydrogen-bond acceptors (Lipinski definition) is 3. The van der Waals surface area contributed by atoms with Crippen LogP contribution >= 0.6 is 0 Å². The van der Waals surface area contributed by atoms with Gasteiger partial charge in [-0.1, -0.05) is 12.1 Å². The van der Waals surface area contributed by atoms with Crippen LogP contribution in [0.4, 0.5) is 0 Å². The van der Waals surface area contributed by atoms with Gasteiger partial charge in [0.2, 0.25) is 10.0 Å². The van der Waals surface area contributed by atoms with Crippen LogP contribution in [-0.2, 0) is 16.4 Å². The summed E-state index contributed by atoms with van der Waals surface area (Å²) in [6, 6.07) is 7.66. The number of benzene rings is 1. The summed E-state index contributed by atoms with van der Waals surface area (Å²) >= 11 is 0. The van der Waals surface area contributed by atoms with Crippen LogP contribution in [0.5, 0.6) is 5.75 Å². The molecule has 0 heterocycles. The minimum Gasteiger partial charge on any atom is -0.497 e. The molecule has 1 aromatic carbocycles. The molecule has 1 aromatic rings. The van der Waals surface area contributed by atoms with E-state index in [-0.39, 0.29) is 5.75 Å². The first-order chi connectivity index (χ1) is 7.99. The fourth-order valence-electron chi connectivity index (χ4n) is 1.44. The lowest BCUT2D eigenvalue weighted by molar-refractivity contribution is 0.414. The van der Waals surface area contributed by atoms with Crippen LogP contribution in [0.1, 0.15) is 12.5 Å². The van der Waals surface area contributed by atoms with Gasteiger partial charge in [0.1, 0.15) is 5.75 Å². The molecule has 5 heteroatoms. The number of nitrogens with zero attached hydrogens (tertiary/aromatic N) is 1. The minimum absolute atomic E-state index is 0.145. The fraction of sp³-hybridized carbons (Fsp3) is 0.500. The highest BCUT2D eigenvalue weighted by atomic mass is 32.2. The Labute approximate surface area is 103 Å². The van der Waals surface area contributed by atoms with E-state index >= 15 is 0 Å². The smallest absolute Gasteiger partial charge is 0.213 e. The second-order valence-electron chi connectivity index (χ2n) is 3.82. The van der Waals surface area contributed by atoms with E-state index in [1.54, 1.807) is 21.1 Å². The van der Waals surface area contributed by atoms with Gasteiger partial charge in [0.15, 0.2) is 0 Å². The van der Waals surface area contributed by atoms with Gasteiger partial charge in [0.05, 0.1) is 12.9 Å². The van der Waals surface area contributed by atoms with E-state index in [1.807, 2.05) is 24.3 Å². The van der Waals surface area contributed by atoms with Crippen LogP contribution in [0.3, 0.4) is 0 Å². The van der Waals surface area contributed by atoms with E-state index in [4.69, 9.17) is 4.74 Å². The van der Waals surface area contributed by atoms with Gasteiger partial charge in [-0.25, -0.2) is 12.7 Å². The van der Waals surface area contributed by atoms with Crippen LogP contribution in [0, 0.1) is 0 Å². The molecule has 0 radical (unpaired) electrons. The van der Waals surface area contributed by atoms with Gasteiger partial charge in [-0.05, 0) is 31.0 Å².